The van der Waals surface area contributed by atoms with Gasteiger partial charge in [-0.2, -0.15) is 0 Å². The Hall–Kier alpha value is -0.0800. The third kappa shape index (κ3) is 2.20. The van der Waals surface area contributed by atoms with E-state index in [4.69, 9.17) is 4.74 Å². The molecule has 1 rings (SSSR count). The molecule has 0 amide bonds. The summed E-state index contributed by atoms with van der Waals surface area (Å²) in [5.74, 6) is 0.790. The molecule has 1 aliphatic heterocycles. The van der Waals surface area contributed by atoms with E-state index in [0.29, 0.717) is 6.10 Å². The highest BCUT2D eigenvalue weighted by molar-refractivity contribution is 4.79. The van der Waals surface area contributed by atoms with Crippen LogP contribution in [0.4, 0.5) is 0 Å². The summed E-state index contributed by atoms with van der Waals surface area (Å²) < 4.78 is 5.49. The molecule has 0 radical (unpaired) electrons. The van der Waals surface area contributed by atoms with E-state index in [-0.39, 0.29) is 0 Å². The number of nitrogens with zero attached hydrogens (tertiary/aromatic N) is 1. The standard InChI is InChI=1S/C10H21NO/c1-4-9-6-7-11(5-2)8-10(9)12-3/h9-10H,4-8H2,1-3H3. The van der Waals surface area contributed by atoms with Crippen LogP contribution in [0.25, 0.3) is 0 Å². The first-order valence-electron chi connectivity index (χ1n) is 5.06. The molecule has 72 valence electrons. The zero-order valence-corrected chi connectivity index (χ0v) is 8.55. The predicted octanol–water partition coefficient (Wildman–Crippen LogP) is 1.75. The topological polar surface area (TPSA) is 12.5 Å². The van der Waals surface area contributed by atoms with Crippen LogP contribution < -0.4 is 0 Å². The van der Waals surface area contributed by atoms with Crippen LogP contribution in [0.2, 0.25) is 0 Å². The number of piperidine rings is 1. The third-order valence-corrected chi connectivity index (χ3v) is 3.05. The van der Waals surface area contributed by atoms with E-state index in [0.717, 1.165) is 19.0 Å². The van der Waals surface area contributed by atoms with Gasteiger partial charge in [-0.05, 0) is 25.4 Å². The first-order chi connectivity index (χ1) is 5.81. The maximum Gasteiger partial charge on any atom is 0.0726 e. The number of hydrogen-bond acceptors (Lipinski definition) is 2. The molecule has 2 atom stereocenters. The van der Waals surface area contributed by atoms with Gasteiger partial charge >= 0.3 is 0 Å². The van der Waals surface area contributed by atoms with Crippen molar-refractivity contribution in [3.63, 3.8) is 0 Å². The highest BCUT2D eigenvalue weighted by Crippen LogP contribution is 2.22. The number of methoxy groups -OCH3 is 1. The van der Waals surface area contributed by atoms with E-state index in [1.807, 2.05) is 7.11 Å². The van der Waals surface area contributed by atoms with Crippen LogP contribution in [0.5, 0.6) is 0 Å². The fourth-order valence-electron chi connectivity index (χ4n) is 2.05. The first-order valence-corrected chi connectivity index (χ1v) is 5.06. The molecule has 0 spiro atoms. The minimum absolute atomic E-state index is 0.476. The summed E-state index contributed by atoms with van der Waals surface area (Å²) in [6, 6.07) is 0. The zero-order chi connectivity index (χ0) is 8.97. The Bertz CT molecular complexity index is 127. The van der Waals surface area contributed by atoms with Gasteiger partial charge < -0.3 is 9.64 Å². The predicted molar refractivity (Wildman–Crippen MR) is 51.3 cm³/mol. The number of ether oxygens (including phenoxy) is 1. The Labute approximate surface area is 75.9 Å². The largest absolute Gasteiger partial charge is 0.380 e. The highest BCUT2D eigenvalue weighted by Gasteiger charge is 2.26. The van der Waals surface area contributed by atoms with Gasteiger partial charge in [0.2, 0.25) is 0 Å². The summed E-state index contributed by atoms with van der Waals surface area (Å²) in [5, 5.41) is 0. The summed E-state index contributed by atoms with van der Waals surface area (Å²) in [5.41, 5.74) is 0. The van der Waals surface area contributed by atoms with E-state index in [1.165, 1.54) is 19.4 Å². The van der Waals surface area contributed by atoms with Crippen molar-refractivity contribution in [2.45, 2.75) is 32.8 Å². The molecule has 1 heterocycles. The lowest BCUT2D eigenvalue weighted by Gasteiger charge is -2.36. The molecule has 0 N–H and O–H groups in total. The van der Waals surface area contributed by atoms with Gasteiger partial charge in [-0.3, -0.25) is 0 Å². The van der Waals surface area contributed by atoms with Gasteiger partial charge in [0.25, 0.3) is 0 Å². The second kappa shape index (κ2) is 4.83. The average molecular weight is 171 g/mol. The molecular formula is C10H21NO. The van der Waals surface area contributed by atoms with Gasteiger partial charge in [-0.15, -0.1) is 0 Å². The van der Waals surface area contributed by atoms with Crippen LogP contribution in [-0.2, 0) is 4.74 Å². The number of likely N-dealkylation sites (tertiary alicyclic amines) is 1. The summed E-state index contributed by atoms with van der Waals surface area (Å²) in [4.78, 5) is 2.47. The fourth-order valence-corrected chi connectivity index (χ4v) is 2.05. The molecule has 0 aliphatic carbocycles. The second-order valence-electron chi connectivity index (χ2n) is 3.62. The van der Waals surface area contributed by atoms with Crippen molar-refractivity contribution >= 4 is 0 Å². The molecule has 0 aromatic rings. The highest BCUT2D eigenvalue weighted by atomic mass is 16.5. The second-order valence-corrected chi connectivity index (χ2v) is 3.62. The van der Waals surface area contributed by atoms with Crippen molar-refractivity contribution in [1.82, 2.24) is 4.90 Å². The molecule has 0 aromatic heterocycles. The van der Waals surface area contributed by atoms with Crippen molar-refractivity contribution < 1.29 is 4.74 Å². The number of rotatable bonds is 3. The van der Waals surface area contributed by atoms with Crippen LogP contribution >= 0.6 is 0 Å². The van der Waals surface area contributed by atoms with Crippen molar-refractivity contribution in [2.24, 2.45) is 5.92 Å². The van der Waals surface area contributed by atoms with Gasteiger partial charge in [0.05, 0.1) is 6.10 Å². The van der Waals surface area contributed by atoms with Crippen molar-refractivity contribution in [3.05, 3.63) is 0 Å². The average Bonchev–Trinajstić information content (AvgIpc) is 2.16. The lowest BCUT2D eigenvalue weighted by molar-refractivity contribution is -0.0108. The summed E-state index contributed by atoms with van der Waals surface area (Å²) >= 11 is 0. The molecule has 2 heteroatoms. The van der Waals surface area contributed by atoms with Gasteiger partial charge in [-0.1, -0.05) is 20.3 Å². The Morgan fingerprint density at radius 1 is 1.42 bits per heavy atom. The summed E-state index contributed by atoms with van der Waals surface area (Å²) in [6.07, 6.45) is 3.04. The van der Waals surface area contributed by atoms with Crippen LogP contribution in [0.1, 0.15) is 26.7 Å². The molecule has 12 heavy (non-hydrogen) atoms. The minimum Gasteiger partial charge on any atom is -0.380 e. The Morgan fingerprint density at radius 3 is 2.67 bits per heavy atom. The van der Waals surface area contributed by atoms with E-state index < -0.39 is 0 Å². The smallest absolute Gasteiger partial charge is 0.0726 e. The minimum atomic E-state index is 0.476. The quantitative estimate of drug-likeness (QED) is 0.641. The summed E-state index contributed by atoms with van der Waals surface area (Å²) in [6.45, 7) is 8.04. The number of hydrogen-bond donors (Lipinski definition) is 0. The van der Waals surface area contributed by atoms with Crippen LogP contribution in [-0.4, -0.2) is 37.7 Å². The molecule has 0 aromatic carbocycles. The maximum atomic E-state index is 5.49. The zero-order valence-electron chi connectivity index (χ0n) is 8.55. The van der Waals surface area contributed by atoms with Crippen LogP contribution in [0.15, 0.2) is 0 Å². The summed E-state index contributed by atoms with van der Waals surface area (Å²) in [7, 11) is 1.84. The SMILES string of the molecule is CCC1CCN(CC)CC1OC. The molecular weight excluding hydrogens is 150 g/mol. The van der Waals surface area contributed by atoms with Gasteiger partial charge in [0.1, 0.15) is 0 Å². The van der Waals surface area contributed by atoms with Crippen molar-refractivity contribution in [1.29, 1.82) is 0 Å². The van der Waals surface area contributed by atoms with Crippen molar-refractivity contribution in [3.8, 4) is 0 Å². The van der Waals surface area contributed by atoms with Gasteiger partial charge in [-0.25, -0.2) is 0 Å². The van der Waals surface area contributed by atoms with Crippen LogP contribution in [0, 0.1) is 5.92 Å². The van der Waals surface area contributed by atoms with E-state index in [9.17, 15) is 0 Å². The van der Waals surface area contributed by atoms with E-state index in [2.05, 4.69) is 18.7 Å². The van der Waals surface area contributed by atoms with Gasteiger partial charge in [0, 0.05) is 13.7 Å². The first kappa shape index (κ1) is 10.0. The van der Waals surface area contributed by atoms with Gasteiger partial charge in [0.15, 0.2) is 0 Å². The lowest BCUT2D eigenvalue weighted by atomic mass is 9.91. The molecule has 1 saturated heterocycles. The maximum absolute atomic E-state index is 5.49. The van der Waals surface area contributed by atoms with Crippen molar-refractivity contribution in [2.75, 3.05) is 26.7 Å². The van der Waals surface area contributed by atoms with Crippen LogP contribution in [0.3, 0.4) is 0 Å². The lowest BCUT2D eigenvalue weighted by Crippen LogP contribution is -2.44. The monoisotopic (exact) mass is 171 g/mol. The Kier molecular flexibility index (Phi) is 4.02. The van der Waals surface area contributed by atoms with E-state index in [1.54, 1.807) is 0 Å². The Balaban J connectivity index is 2.41. The fraction of sp³-hybridized carbons (Fsp3) is 1.00. The molecule has 2 nitrogen and oxygen atoms in total. The number of likely N-dealkylation sites (N-methyl/N-ethyl adjacent to an activating group) is 1. The molecule has 2 unspecified atom stereocenters. The molecule has 1 fully saturated rings. The molecule has 0 saturated carbocycles. The third-order valence-electron chi connectivity index (χ3n) is 3.05. The molecule has 0 bridgehead atoms. The van der Waals surface area contributed by atoms with E-state index >= 15 is 0 Å². The normalized spacial score (nSPS) is 32.2. The molecule has 1 aliphatic rings. The Morgan fingerprint density at radius 2 is 2.17 bits per heavy atom.